The molecular formula is C26H30Cl3N7O6. The van der Waals surface area contributed by atoms with E-state index >= 15 is 0 Å². The van der Waals surface area contributed by atoms with Crippen molar-refractivity contribution >= 4 is 52.8 Å². The third-order valence-electron chi connectivity index (χ3n) is 8.04. The molecule has 0 aliphatic carbocycles. The second-order valence-corrected chi connectivity index (χ2v) is 13.7. The highest BCUT2D eigenvalue weighted by molar-refractivity contribution is 6.67. The van der Waals surface area contributed by atoms with E-state index in [1.807, 2.05) is 12.1 Å². The second-order valence-electron chi connectivity index (χ2n) is 11.2. The number of hydrogen-bond acceptors (Lipinski definition) is 11. The number of rotatable bonds is 4. The molecule has 0 bridgehead atoms. The molecule has 0 unspecified atom stereocenters. The van der Waals surface area contributed by atoms with E-state index in [-0.39, 0.29) is 35.7 Å². The zero-order chi connectivity index (χ0) is 30.7. The zero-order valence-corrected chi connectivity index (χ0v) is 25.0. The fourth-order valence-electron chi connectivity index (χ4n) is 6.00. The number of benzene rings is 1. The van der Waals surface area contributed by atoms with Crippen molar-refractivity contribution in [1.82, 2.24) is 26.2 Å². The minimum atomic E-state index is -2.69. The number of nitrogens with one attached hydrogen (secondary N) is 4. The van der Waals surface area contributed by atoms with Crippen LogP contribution in [0, 0.1) is 11.3 Å². The van der Waals surface area contributed by atoms with Gasteiger partial charge in [-0.15, -0.1) is 0 Å². The smallest absolute Gasteiger partial charge is 0.414 e. The van der Waals surface area contributed by atoms with Gasteiger partial charge in [0.1, 0.15) is 18.4 Å². The number of halogens is 3. The molecular weight excluding hydrogens is 613 g/mol. The number of hydrogen-bond donors (Lipinski definition) is 6. The summed E-state index contributed by atoms with van der Waals surface area (Å²) in [5.41, 5.74) is -0.939. The Kier molecular flexibility index (Phi) is 7.60. The lowest BCUT2D eigenvalue weighted by Crippen LogP contribution is -2.77. The predicted octanol–water partition coefficient (Wildman–Crippen LogP) is 1.32. The molecule has 13 nitrogen and oxygen atoms in total. The molecule has 2 amide bonds. The first-order valence-electron chi connectivity index (χ1n) is 13.1. The van der Waals surface area contributed by atoms with Gasteiger partial charge in [-0.3, -0.25) is 10.1 Å². The molecule has 4 aliphatic heterocycles. The maximum absolute atomic E-state index is 13.7. The number of fused-ring (bicyclic) bond motifs is 1. The Morgan fingerprint density at radius 3 is 2.79 bits per heavy atom. The number of aliphatic hydroxyl groups is 2. The first kappa shape index (κ1) is 30.3. The van der Waals surface area contributed by atoms with Crippen LogP contribution in [-0.4, -0.2) is 86.2 Å². The molecule has 4 atom stereocenters. The largest absolute Gasteiger partial charge is 0.492 e. The van der Waals surface area contributed by atoms with Crippen LogP contribution < -0.4 is 26.0 Å². The van der Waals surface area contributed by atoms with Crippen molar-refractivity contribution in [3.05, 3.63) is 41.7 Å². The van der Waals surface area contributed by atoms with E-state index in [2.05, 4.69) is 46.7 Å². The van der Waals surface area contributed by atoms with E-state index in [1.54, 1.807) is 12.1 Å². The molecule has 2 saturated heterocycles. The number of nitriles is 1. The Morgan fingerprint density at radius 2 is 2.10 bits per heavy atom. The molecule has 4 aliphatic rings. The average molecular weight is 643 g/mol. The highest BCUT2D eigenvalue weighted by Crippen LogP contribution is 2.46. The summed E-state index contributed by atoms with van der Waals surface area (Å²) in [6.45, 7) is 7.60. The van der Waals surface area contributed by atoms with Gasteiger partial charge >= 0.3 is 6.09 Å². The van der Waals surface area contributed by atoms with Crippen LogP contribution in [0.25, 0.3) is 0 Å². The SMILES string of the molecule is C=C1N[C@H]2[C@H](CC#N)N=C(NC(=O)OCC(Cl)(Cl)Cl)N3C[C@H](NC(=O)c4cccc5c4OCCC5(C)C)C(O)(O)[C@]23N1. The van der Waals surface area contributed by atoms with Gasteiger partial charge in [-0.2, -0.15) is 5.26 Å². The maximum Gasteiger partial charge on any atom is 0.414 e. The Labute approximate surface area is 256 Å². The van der Waals surface area contributed by atoms with Gasteiger partial charge in [-0.1, -0.05) is 67.4 Å². The summed E-state index contributed by atoms with van der Waals surface area (Å²) in [4.78, 5) is 32.1. The normalized spacial score (nSPS) is 28.4. The van der Waals surface area contributed by atoms with Crippen molar-refractivity contribution in [3.8, 4) is 11.8 Å². The Bertz CT molecular complexity index is 1390. The van der Waals surface area contributed by atoms with E-state index in [0.29, 0.717) is 12.4 Å². The Hall–Kier alpha value is -3.15. The number of nitrogens with zero attached hydrogens (tertiary/aromatic N) is 3. The highest BCUT2D eigenvalue weighted by Gasteiger charge is 2.73. The molecule has 0 aromatic heterocycles. The lowest BCUT2D eigenvalue weighted by molar-refractivity contribution is -0.231. The van der Waals surface area contributed by atoms with Gasteiger partial charge in [0.05, 0.1) is 42.6 Å². The summed E-state index contributed by atoms with van der Waals surface area (Å²) in [5.74, 6) is -2.79. The van der Waals surface area contributed by atoms with Gasteiger partial charge in [0, 0.05) is 12.1 Å². The number of ether oxygens (including phenoxy) is 2. The monoisotopic (exact) mass is 641 g/mol. The lowest BCUT2D eigenvalue weighted by Gasteiger charge is -2.49. The van der Waals surface area contributed by atoms with Crippen molar-refractivity contribution in [1.29, 1.82) is 5.26 Å². The molecule has 4 heterocycles. The fraction of sp³-hybridized carbons (Fsp3) is 0.538. The summed E-state index contributed by atoms with van der Waals surface area (Å²) in [6, 6.07) is 4.16. The van der Waals surface area contributed by atoms with Gasteiger partial charge in [-0.05, 0) is 17.9 Å². The van der Waals surface area contributed by atoms with Gasteiger partial charge in [0.25, 0.3) is 5.91 Å². The van der Waals surface area contributed by atoms with E-state index < -0.39 is 52.0 Å². The van der Waals surface area contributed by atoms with Crippen LogP contribution in [0.2, 0.25) is 0 Å². The quantitative estimate of drug-likeness (QED) is 0.207. The number of carbonyl (C=O) groups excluding carboxylic acids is 2. The van der Waals surface area contributed by atoms with Gasteiger partial charge in [0.2, 0.25) is 15.5 Å². The molecule has 1 spiro atoms. The van der Waals surface area contributed by atoms with Gasteiger partial charge in [0.15, 0.2) is 5.66 Å². The van der Waals surface area contributed by atoms with E-state index in [0.717, 1.165) is 12.0 Å². The van der Waals surface area contributed by atoms with Crippen molar-refractivity contribution in [2.75, 3.05) is 19.8 Å². The van der Waals surface area contributed by atoms with Crippen LogP contribution in [0.5, 0.6) is 5.75 Å². The molecule has 5 rings (SSSR count). The first-order chi connectivity index (χ1) is 19.6. The number of alkyl halides is 3. The topological polar surface area (TPSA) is 181 Å². The minimum absolute atomic E-state index is 0.156. The standard InChI is InChI=1S/C26H30Cl3N7O6/c1-13-31-19-16(7-9-30)32-21(34-22(38)42-12-24(27,28)29)36-11-17(26(39,40)25(19,36)35-13)33-20(37)14-5-4-6-15-18(14)41-10-8-23(15,2)3/h4-6,16-17,19,31,35,39-40H,1,7-8,10-12H2,2-3H3,(H,33,37)(H,32,34,38)/t16-,17-,19-,25-/m0/s1. The molecule has 42 heavy (non-hydrogen) atoms. The number of amides is 2. The molecule has 226 valence electrons. The van der Waals surface area contributed by atoms with Crippen molar-refractivity contribution in [2.24, 2.45) is 4.99 Å². The zero-order valence-electron chi connectivity index (χ0n) is 22.7. The Morgan fingerprint density at radius 1 is 1.36 bits per heavy atom. The predicted molar refractivity (Wildman–Crippen MR) is 153 cm³/mol. The van der Waals surface area contributed by atoms with Gasteiger partial charge < -0.3 is 40.5 Å². The number of alkyl carbamates (subject to hydrolysis) is 1. The van der Waals surface area contributed by atoms with Crippen LogP contribution >= 0.6 is 34.8 Å². The molecule has 6 N–H and O–H groups in total. The molecule has 1 aromatic carbocycles. The van der Waals surface area contributed by atoms with Crippen LogP contribution in [0.4, 0.5) is 4.79 Å². The highest BCUT2D eigenvalue weighted by atomic mass is 35.6. The summed E-state index contributed by atoms with van der Waals surface area (Å²) >= 11 is 17.0. The number of guanidine groups is 1. The fourth-order valence-corrected chi connectivity index (χ4v) is 6.16. The number of para-hydroxylation sites is 1. The lowest BCUT2D eigenvalue weighted by atomic mass is 9.79. The van der Waals surface area contributed by atoms with E-state index in [1.165, 1.54) is 4.90 Å². The molecule has 1 aromatic rings. The minimum Gasteiger partial charge on any atom is -0.492 e. The average Bonchev–Trinajstić information content (AvgIpc) is 3.36. The van der Waals surface area contributed by atoms with E-state index in [4.69, 9.17) is 44.3 Å². The summed E-state index contributed by atoms with van der Waals surface area (Å²) in [5, 5.41) is 44.2. The Balaban J connectivity index is 1.48. The van der Waals surface area contributed by atoms with Crippen LogP contribution in [-0.2, 0) is 10.2 Å². The summed E-state index contributed by atoms with van der Waals surface area (Å²) in [6.07, 6.45) is -0.430. The molecule has 2 fully saturated rings. The van der Waals surface area contributed by atoms with Crippen LogP contribution in [0.3, 0.4) is 0 Å². The summed E-state index contributed by atoms with van der Waals surface area (Å²) in [7, 11) is 0. The van der Waals surface area contributed by atoms with Crippen molar-refractivity contribution in [2.45, 2.75) is 65.5 Å². The van der Waals surface area contributed by atoms with Gasteiger partial charge in [-0.25, -0.2) is 9.79 Å². The van der Waals surface area contributed by atoms with E-state index in [9.17, 15) is 25.1 Å². The second kappa shape index (κ2) is 10.5. The summed E-state index contributed by atoms with van der Waals surface area (Å²) < 4.78 is 8.98. The van der Waals surface area contributed by atoms with Crippen LogP contribution in [0.1, 0.15) is 42.6 Å². The van der Waals surface area contributed by atoms with Crippen molar-refractivity contribution < 1.29 is 29.3 Å². The molecule has 16 heteroatoms. The number of carbonyl (C=O) groups is 2. The third-order valence-corrected chi connectivity index (χ3v) is 8.36. The maximum atomic E-state index is 13.7. The van der Waals surface area contributed by atoms with Crippen LogP contribution in [0.15, 0.2) is 35.6 Å². The van der Waals surface area contributed by atoms with Crippen molar-refractivity contribution in [3.63, 3.8) is 0 Å². The third kappa shape index (κ3) is 5.05. The molecule has 0 saturated carbocycles. The number of aliphatic imine (C=N–C) groups is 1. The molecule has 0 radical (unpaired) electrons. The first-order valence-corrected chi connectivity index (χ1v) is 14.2.